The molecular formula is C16H29N3O. The molecule has 3 aliphatic rings. The zero-order valence-corrected chi connectivity index (χ0v) is 12.9. The number of carbonyl (C=O) groups excluding carboxylic acids is 1. The van der Waals surface area contributed by atoms with Crippen LogP contribution in [0.2, 0.25) is 0 Å². The molecule has 3 fully saturated rings. The number of nitrogens with one attached hydrogen (secondary N) is 1. The second-order valence-corrected chi connectivity index (χ2v) is 7.13. The van der Waals surface area contributed by atoms with E-state index in [2.05, 4.69) is 22.0 Å². The molecule has 0 aromatic carbocycles. The fraction of sp³-hybridized carbons (Fsp3) is 0.938. The lowest BCUT2D eigenvalue weighted by Gasteiger charge is -2.37. The minimum Gasteiger partial charge on any atom is -0.341 e. The molecule has 1 amide bonds. The highest BCUT2D eigenvalue weighted by molar-refractivity contribution is 5.83. The minimum absolute atomic E-state index is 0.158. The Bertz CT molecular complexity index is 346. The molecule has 1 N–H and O–H groups in total. The van der Waals surface area contributed by atoms with Crippen LogP contribution in [0.1, 0.15) is 45.4 Å². The monoisotopic (exact) mass is 279 g/mol. The van der Waals surface area contributed by atoms with Crippen molar-refractivity contribution in [1.29, 1.82) is 0 Å². The number of amides is 1. The molecule has 2 atom stereocenters. The Morgan fingerprint density at radius 2 is 1.95 bits per heavy atom. The van der Waals surface area contributed by atoms with Crippen molar-refractivity contribution in [2.75, 3.05) is 39.3 Å². The molecule has 0 spiro atoms. The summed E-state index contributed by atoms with van der Waals surface area (Å²) < 4.78 is 0. The van der Waals surface area contributed by atoms with Gasteiger partial charge in [-0.1, -0.05) is 6.42 Å². The van der Waals surface area contributed by atoms with Gasteiger partial charge in [0, 0.05) is 25.7 Å². The van der Waals surface area contributed by atoms with Crippen molar-refractivity contribution < 1.29 is 4.79 Å². The zero-order valence-electron chi connectivity index (χ0n) is 12.9. The SMILES string of the molecule is CC1(C(=O)N2CCC(N3CCCCC3)C2)CCCNC1. The number of piperidine rings is 2. The molecule has 3 saturated heterocycles. The number of hydrogen-bond donors (Lipinski definition) is 1. The molecule has 114 valence electrons. The molecule has 0 saturated carbocycles. The quantitative estimate of drug-likeness (QED) is 0.831. The molecule has 3 heterocycles. The van der Waals surface area contributed by atoms with Crippen molar-refractivity contribution in [3.05, 3.63) is 0 Å². The normalized spacial score (nSPS) is 36.2. The van der Waals surface area contributed by atoms with Crippen LogP contribution in [0.4, 0.5) is 0 Å². The molecule has 3 rings (SSSR count). The lowest BCUT2D eigenvalue weighted by atomic mass is 9.81. The molecule has 0 aromatic heterocycles. The Labute approximate surface area is 122 Å². The largest absolute Gasteiger partial charge is 0.341 e. The van der Waals surface area contributed by atoms with Crippen LogP contribution in [-0.4, -0.2) is 61.0 Å². The number of rotatable bonds is 2. The van der Waals surface area contributed by atoms with Crippen molar-refractivity contribution in [1.82, 2.24) is 15.1 Å². The van der Waals surface area contributed by atoms with Gasteiger partial charge in [-0.3, -0.25) is 9.69 Å². The van der Waals surface area contributed by atoms with Gasteiger partial charge in [-0.05, 0) is 58.7 Å². The standard InChI is InChI=1S/C16H29N3O/c1-16(7-5-8-17-13-16)15(20)19-11-6-14(12-19)18-9-3-2-4-10-18/h14,17H,2-13H2,1H3. The van der Waals surface area contributed by atoms with E-state index in [-0.39, 0.29) is 5.41 Å². The van der Waals surface area contributed by atoms with E-state index in [1.165, 1.54) is 38.8 Å². The molecule has 20 heavy (non-hydrogen) atoms. The third-order valence-corrected chi connectivity index (χ3v) is 5.47. The van der Waals surface area contributed by atoms with Crippen molar-refractivity contribution in [3.8, 4) is 0 Å². The van der Waals surface area contributed by atoms with Gasteiger partial charge >= 0.3 is 0 Å². The summed E-state index contributed by atoms with van der Waals surface area (Å²) in [6.07, 6.45) is 7.42. The average molecular weight is 279 g/mol. The van der Waals surface area contributed by atoms with Gasteiger partial charge in [0.1, 0.15) is 0 Å². The molecule has 4 nitrogen and oxygen atoms in total. The highest BCUT2D eigenvalue weighted by Gasteiger charge is 2.41. The fourth-order valence-corrected chi connectivity index (χ4v) is 4.13. The summed E-state index contributed by atoms with van der Waals surface area (Å²) in [6, 6.07) is 0.624. The maximum Gasteiger partial charge on any atom is 0.229 e. The second-order valence-electron chi connectivity index (χ2n) is 7.13. The van der Waals surface area contributed by atoms with E-state index in [0.717, 1.165) is 39.0 Å². The van der Waals surface area contributed by atoms with Crippen LogP contribution in [0, 0.1) is 5.41 Å². The first-order valence-electron chi connectivity index (χ1n) is 8.43. The number of likely N-dealkylation sites (tertiary alicyclic amines) is 2. The van der Waals surface area contributed by atoms with Gasteiger partial charge in [0.05, 0.1) is 5.41 Å². The topological polar surface area (TPSA) is 35.6 Å². The second kappa shape index (κ2) is 6.02. The van der Waals surface area contributed by atoms with Gasteiger partial charge in [0.2, 0.25) is 5.91 Å². The molecule has 0 radical (unpaired) electrons. The predicted octanol–water partition coefficient (Wildman–Crippen LogP) is 1.46. The van der Waals surface area contributed by atoms with E-state index in [1.54, 1.807) is 0 Å². The maximum atomic E-state index is 12.8. The van der Waals surface area contributed by atoms with E-state index in [9.17, 15) is 4.79 Å². The van der Waals surface area contributed by atoms with Gasteiger partial charge in [0.15, 0.2) is 0 Å². The first kappa shape index (κ1) is 14.3. The molecule has 0 aliphatic carbocycles. The Kier molecular flexibility index (Phi) is 4.32. The van der Waals surface area contributed by atoms with Gasteiger partial charge in [0.25, 0.3) is 0 Å². The van der Waals surface area contributed by atoms with Crippen LogP contribution >= 0.6 is 0 Å². The fourth-order valence-electron chi connectivity index (χ4n) is 4.13. The van der Waals surface area contributed by atoms with Crippen molar-refractivity contribution in [2.45, 2.75) is 51.5 Å². The minimum atomic E-state index is -0.158. The van der Waals surface area contributed by atoms with Crippen molar-refractivity contribution in [2.24, 2.45) is 5.41 Å². The van der Waals surface area contributed by atoms with E-state index < -0.39 is 0 Å². The van der Waals surface area contributed by atoms with Gasteiger partial charge in [-0.25, -0.2) is 0 Å². The summed E-state index contributed by atoms with van der Waals surface area (Å²) in [5, 5.41) is 3.40. The lowest BCUT2D eigenvalue weighted by molar-refractivity contribution is -0.141. The van der Waals surface area contributed by atoms with E-state index >= 15 is 0 Å². The molecule has 2 unspecified atom stereocenters. The third kappa shape index (κ3) is 2.86. The molecular weight excluding hydrogens is 250 g/mol. The summed E-state index contributed by atoms with van der Waals surface area (Å²) >= 11 is 0. The van der Waals surface area contributed by atoms with E-state index in [0.29, 0.717) is 11.9 Å². The Morgan fingerprint density at radius 1 is 1.15 bits per heavy atom. The Hall–Kier alpha value is -0.610. The maximum absolute atomic E-state index is 12.8. The van der Waals surface area contributed by atoms with Crippen LogP contribution in [-0.2, 0) is 4.79 Å². The van der Waals surface area contributed by atoms with Crippen LogP contribution in [0.25, 0.3) is 0 Å². The molecule has 3 aliphatic heterocycles. The van der Waals surface area contributed by atoms with Crippen LogP contribution in [0.5, 0.6) is 0 Å². The van der Waals surface area contributed by atoms with Gasteiger partial charge in [-0.2, -0.15) is 0 Å². The summed E-state index contributed by atoms with van der Waals surface area (Å²) in [5.41, 5.74) is -0.158. The summed E-state index contributed by atoms with van der Waals surface area (Å²) in [5.74, 6) is 0.393. The first-order valence-corrected chi connectivity index (χ1v) is 8.43. The summed E-state index contributed by atoms with van der Waals surface area (Å²) in [4.78, 5) is 17.6. The molecule has 0 bridgehead atoms. The van der Waals surface area contributed by atoms with Crippen molar-refractivity contribution >= 4 is 5.91 Å². The zero-order chi connectivity index (χ0) is 14.0. The van der Waals surface area contributed by atoms with Crippen molar-refractivity contribution in [3.63, 3.8) is 0 Å². The van der Waals surface area contributed by atoms with Crippen LogP contribution < -0.4 is 5.32 Å². The highest BCUT2D eigenvalue weighted by Crippen LogP contribution is 2.30. The first-order chi connectivity index (χ1) is 9.69. The van der Waals surface area contributed by atoms with E-state index in [1.807, 2.05) is 0 Å². The van der Waals surface area contributed by atoms with Gasteiger partial charge < -0.3 is 10.2 Å². The third-order valence-electron chi connectivity index (χ3n) is 5.47. The number of hydrogen-bond acceptors (Lipinski definition) is 3. The van der Waals surface area contributed by atoms with Gasteiger partial charge in [-0.15, -0.1) is 0 Å². The average Bonchev–Trinajstić information content (AvgIpc) is 2.98. The smallest absolute Gasteiger partial charge is 0.229 e. The Morgan fingerprint density at radius 3 is 2.65 bits per heavy atom. The van der Waals surface area contributed by atoms with E-state index in [4.69, 9.17) is 0 Å². The highest BCUT2D eigenvalue weighted by atomic mass is 16.2. The number of carbonyl (C=O) groups is 1. The van der Waals surface area contributed by atoms with Crippen LogP contribution in [0.15, 0.2) is 0 Å². The van der Waals surface area contributed by atoms with Crippen LogP contribution in [0.3, 0.4) is 0 Å². The predicted molar refractivity (Wildman–Crippen MR) is 80.6 cm³/mol. The molecule has 0 aromatic rings. The Balaban J connectivity index is 1.57. The summed E-state index contributed by atoms with van der Waals surface area (Å²) in [7, 11) is 0. The molecule has 4 heteroatoms. The summed E-state index contributed by atoms with van der Waals surface area (Å²) in [6.45, 7) is 8.49. The lowest BCUT2D eigenvalue weighted by Crippen LogP contribution is -2.50. The number of nitrogens with zero attached hydrogens (tertiary/aromatic N) is 2.